The van der Waals surface area contributed by atoms with Crippen molar-refractivity contribution in [1.29, 1.82) is 0 Å². The monoisotopic (exact) mass is 589 g/mol. The van der Waals surface area contributed by atoms with Crippen molar-refractivity contribution in [3.8, 4) is 22.8 Å². The maximum atomic E-state index is 13.5. The molecule has 11 nitrogen and oxygen atoms in total. The summed E-state index contributed by atoms with van der Waals surface area (Å²) in [5, 5.41) is -0.278. The molecule has 5 rings (SSSR count). The molecule has 210 valence electrons. The summed E-state index contributed by atoms with van der Waals surface area (Å²) in [4.78, 5) is 23.6. The number of nitrogens with one attached hydrogen (secondary N) is 1. The number of hydrogen-bond acceptors (Lipinski definition) is 9. The smallest absolute Gasteiger partial charge is 0.300 e. The topological polar surface area (TPSA) is 124 Å². The number of fused-ring (bicyclic) bond motifs is 1. The zero-order valence-corrected chi connectivity index (χ0v) is 22.9. The first-order chi connectivity index (χ1) is 19.2. The number of halogens is 2. The third kappa shape index (κ3) is 6.02. The van der Waals surface area contributed by atoms with Crippen molar-refractivity contribution in [3.05, 3.63) is 76.2 Å². The van der Waals surface area contributed by atoms with Gasteiger partial charge in [0, 0.05) is 43.2 Å². The average Bonchev–Trinajstić information content (AvgIpc) is 2.94. The number of pyridine rings is 2. The quantitative estimate of drug-likeness (QED) is 0.314. The van der Waals surface area contributed by atoms with Gasteiger partial charge in [-0.1, -0.05) is 11.6 Å². The molecule has 0 saturated carbocycles. The zero-order valence-electron chi connectivity index (χ0n) is 21.3. The SMILES string of the molecule is COc1ncc(-c2ccc3ncc(OCCN4CCOCC4)c(=O)n3c2)cc1NS(=O)(=O)c1ccc(F)cc1Cl. The highest BCUT2D eigenvalue weighted by atomic mass is 35.5. The molecule has 4 heterocycles. The lowest BCUT2D eigenvalue weighted by molar-refractivity contribution is 0.0321. The largest absolute Gasteiger partial charge is 0.485 e. The minimum absolute atomic E-state index is 0.00105. The van der Waals surface area contributed by atoms with Crippen LogP contribution in [-0.4, -0.2) is 74.3 Å². The molecule has 0 aliphatic carbocycles. The number of benzene rings is 1. The summed E-state index contributed by atoms with van der Waals surface area (Å²) in [5.74, 6) is -0.557. The molecule has 14 heteroatoms. The third-order valence-electron chi connectivity index (χ3n) is 6.24. The fourth-order valence-electron chi connectivity index (χ4n) is 4.18. The van der Waals surface area contributed by atoms with Gasteiger partial charge in [-0.25, -0.2) is 22.8 Å². The van der Waals surface area contributed by atoms with E-state index in [1.165, 1.54) is 30.0 Å². The zero-order chi connectivity index (χ0) is 28.3. The lowest BCUT2D eigenvalue weighted by Gasteiger charge is -2.26. The van der Waals surface area contributed by atoms with Crippen molar-refractivity contribution in [1.82, 2.24) is 19.3 Å². The Bertz CT molecular complexity index is 1710. The van der Waals surface area contributed by atoms with Crippen LogP contribution in [-0.2, 0) is 14.8 Å². The molecule has 1 aliphatic heterocycles. The first-order valence-corrected chi connectivity index (χ1v) is 14.1. The van der Waals surface area contributed by atoms with Crippen LogP contribution in [0, 0.1) is 5.82 Å². The van der Waals surface area contributed by atoms with Gasteiger partial charge in [-0.15, -0.1) is 0 Å². The van der Waals surface area contributed by atoms with Gasteiger partial charge in [0.2, 0.25) is 11.6 Å². The number of hydrogen-bond donors (Lipinski definition) is 1. The molecule has 0 atom stereocenters. The van der Waals surface area contributed by atoms with Gasteiger partial charge >= 0.3 is 0 Å². The van der Waals surface area contributed by atoms with Gasteiger partial charge in [0.15, 0.2) is 0 Å². The van der Waals surface area contributed by atoms with Crippen LogP contribution in [0.4, 0.5) is 10.1 Å². The lowest BCUT2D eigenvalue weighted by Crippen LogP contribution is -2.38. The molecule has 40 heavy (non-hydrogen) atoms. The van der Waals surface area contributed by atoms with E-state index in [0.717, 1.165) is 31.3 Å². The molecular weight excluding hydrogens is 565 g/mol. The molecule has 1 saturated heterocycles. The minimum atomic E-state index is -4.22. The maximum Gasteiger partial charge on any atom is 0.300 e. The van der Waals surface area contributed by atoms with Crippen LogP contribution in [0.25, 0.3) is 16.8 Å². The first kappa shape index (κ1) is 27.8. The van der Waals surface area contributed by atoms with Crippen molar-refractivity contribution < 1.29 is 27.0 Å². The lowest BCUT2D eigenvalue weighted by atomic mass is 10.1. The highest BCUT2D eigenvalue weighted by Gasteiger charge is 2.21. The Morgan fingerprint density at radius 3 is 2.65 bits per heavy atom. The number of anilines is 1. The predicted octanol–water partition coefficient (Wildman–Crippen LogP) is 3.07. The van der Waals surface area contributed by atoms with Crippen molar-refractivity contribution in [3.63, 3.8) is 0 Å². The molecule has 1 N–H and O–H groups in total. The summed E-state index contributed by atoms with van der Waals surface area (Å²) in [7, 11) is -2.88. The van der Waals surface area contributed by atoms with Crippen LogP contribution >= 0.6 is 11.6 Å². The van der Waals surface area contributed by atoms with Gasteiger partial charge in [-0.2, -0.15) is 0 Å². The Balaban J connectivity index is 1.42. The summed E-state index contributed by atoms with van der Waals surface area (Å²) >= 11 is 5.97. The van der Waals surface area contributed by atoms with E-state index in [2.05, 4.69) is 19.6 Å². The van der Waals surface area contributed by atoms with E-state index < -0.39 is 15.8 Å². The van der Waals surface area contributed by atoms with Gasteiger partial charge < -0.3 is 14.2 Å². The molecule has 1 aliphatic rings. The van der Waals surface area contributed by atoms with Gasteiger partial charge in [0.1, 0.15) is 28.7 Å². The molecule has 0 amide bonds. The van der Waals surface area contributed by atoms with E-state index in [1.54, 1.807) is 18.3 Å². The molecule has 0 unspecified atom stereocenters. The number of morpholine rings is 1. The number of sulfonamides is 1. The molecule has 0 spiro atoms. The van der Waals surface area contributed by atoms with Crippen molar-refractivity contribution in [2.24, 2.45) is 0 Å². The highest BCUT2D eigenvalue weighted by molar-refractivity contribution is 7.92. The van der Waals surface area contributed by atoms with E-state index in [-0.39, 0.29) is 32.8 Å². The Hall–Kier alpha value is -3.78. The van der Waals surface area contributed by atoms with Gasteiger partial charge in [0.25, 0.3) is 15.6 Å². The van der Waals surface area contributed by atoms with Crippen LogP contribution in [0.15, 0.2) is 64.7 Å². The molecule has 0 bridgehead atoms. The van der Waals surface area contributed by atoms with Crippen LogP contribution in [0.3, 0.4) is 0 Å². The van der Waals surface area contributed by atoms with Crippen LogP contribution in [0.5, 0.6) is 11.6 Å². The second kappa shape index (κ2) is 11.8. The Morgan fingerprint density at radius 2 is 1.90 bits per heavy atom. The van der Waals surface area contributed by atoms with Crippen LogP contribution in [0.1, 0.15) is 0 Å². The van der Waals surface area contributed by atoms with E-state index in [1.807, 2.05) is 0 Å². The second-order valence-electron chi connectivity index (χ2n) is 8.84. The highest BCUT2D eigenvalue weighted by Crippen LogP contribution is 2.31. The summed E-state index contributed by atoms with van der Waals surface area (Å²) in [6.07, 6.45) is 4.45. The fourth-order valence-corrected chi connectivity index (χ4v) is 5.76. The normalized spacial score (nSPS) is 14.3. The molecule has 1 aromatic carbocycles. The van der Waals surface area contributed by atoms with Crippen molar-refractivity contribution in [2.45, 2.75) is 4.90 Å². The summed E-state index contributed by atoms with van der Waals surface area (Å²) < 4.78 is 59.5. The summed E-state index contributed by atoms with van der Waals surface area (Å²) in [6, 6.07) is 7.84. The minimum Gasteiger partial charge on any atom is -0.485 e. The summed E-state index contributed by atoms with van der Waals surface area (Å²) in [6.45, 7) is 3.95. The number of ether oxygens (including phenoxy) is 3. The number of aromatic nitrogens is 3. The van der Waals surface area contributed by atoms with Gasteiger partial charge in [-0.3, -0.25) is 18.8 Å². The Labute approximate surface area is 234 Å². The molecular formula is C26H25ClFN5O6S. The molecule has 4 aromatic rings. The second-order valence-corrected chi connectivity index (χ2v) is 10.9. The predicted molar refractivity (Wildman–Crippen MR) is 146 cm³/mol. The van der Waals surface area contributed by atoms with Crippen molar-refractivity contribution in [2.75, 3.05) is 51.3 Å². The van der Waals surface area contributed by atoms with E-state index in [0.29, 0.717) is 43.1 Å². The Kier molecular flexibility index (Phi) is 8.17. The van der Waals surface area contributed by atoms with Crippen molar-refractivity contribution >= 4 is 33.0 Å². The van der Waals surface area contributed by atoms with E-state index >= 15 is 0 Å². The molecule has 1 fully saturated rings. The maximum absolute atomic E-state index is 13.5. The van der Waals surface area contributed by atoms with Gasteiger partial charge in [-0.05, 0) is 36.4 Å². The third-order valence-corrected chi connectivity index (χ3v) is 8.09. The Morgan fingerprint density at radius 1 is 1.10 bits per heavy atom. The standard InChI is InChI=1S/C26H25ClFN5O6S/c1-37-25-21(31-40(35,36)23-4-3-19(28)13-20(23)27)12-18(14-30-25)17-2-5-24-29-15-22(26(34)33(24)16-17)39-11-8-32-6-9-38-10-7-32/h2-5,12-16,31H,6-11H2,1H3. The van der Waals surface area contributed by atoms with E-state index in [9.17, 15) is 17.6 Å². The number of rotatable bonds is 9. The van der Waals surface area contributed by atoms with Gasteiger partial charge in [0.05, 0.1) is 31.5 Å². The molecule has 0 radical (unpaired) electrons. The first-order valence-electron chi connectivity index (χ1n) is 12.2. The van der Waals surface area contributed by atoms with Crippen LogP contribution < -0.4 is 19.8 Å². The number of methoxy groups -OCH3 is 1. The number of nitrogens with zero attached hydrogens (tertiary/aromatic N) is 4. The summed E-state index contributed by atoms with van der Waals surface area (Å²) in [5.41, 5.74) is 1.07. The average molecular weight is 590 g/mol. The fraction of sp³-hybridized carbons (Fsp3) is 0.269. The van der Waals surface area contributed by atoms with E-state index in [4.69, 9.17) is 25.8 Å². The van der Waals surface area contributed by atoms with Crippen LogP contribution in [0.2, 0.25) is 5.02 Å². The molecule has 3 aromatic heterocycles.